The number of hydrogen-bond acceptors (Lipinski definition) is 5. The Kier molecular flexibility index (Phi) is 6.40. The molecule has 1 aliphatic rings. The predicted octanol–water partition coefficient (Wildman–Crippen LogP) is 5.11. The standard InChI is InChI=1S/C26H24F2N4O2/c1-15(2)26(9-3-4-11-34-26)21-20(17-6-5-10-31-14-17)24(25(30)33)32-23(22(21)28)18-8-7-16(13-29)12-19(18)27/h5-8,10,12,14-15H,3-4,9,11H2,1-2H3,(H2,30,33). The summed E-state index contributed by atoms with van der Waals surface area (Å²) in [7, 11) is 0. The third-order valence-corrected chi connectivity index (χ3v) is 6.33. The molecule has 1 amide bonds. The first kappa shape index (κ1) is 23.5. The number of nitrogens with two attached hydrogens (primary N) is 1. The lowest BCUT2D eigenvalue weighted by Gasteiger charge is -2.43. The Balaban J connectivity index is 2.14. The van der Waals surface area contributed by atoms with Crippen LogP contribution in [0.4, 0.5) is 8.78 Å². The van der Waals surface area contributed by atoms with Gasteiger partial charge in [0.2, 0.25) is 0 Å². The van der Waals surface area contributed by atoms with Crippen molar-refractivity contribution in [2.45, 2.75) is 38.7 Å². The zero-order chi connectivity index (χ0) is 24.5. The molecule has 0 spiro atoms. The average molecular weight is 463 g/mol. The molecule has 2 N–H and O–H groups in total. The molecule has 4 rings (SSSR count). The second kappa shape index (κ2) is 9.27. The summed E-state index contributed by atoms with van der Waals surface area (Å²) in [6.07, 6.45) is 5.19. The number of pyridine rings is 2. The number of nitrogens with zero attached hydrogens (tertiary/aromatic N) is 3. The molecule has 2 aromatic heterocycles. The zero-order valence-corrected chi connectivity index (χ0v) is 18.9. The molecule has 0 saturated carbocycles. The van der Waals surface area contributed by atoms with E-state index >= 15 is 4.39 Å². The van der Waals surface area contributed by atoms with Crippen LogP contribution in [-0.4, -0.2) is 22.5 Å². The van der Waals surface area contributed by atoms with Gasteiger partial charge in [0, 0.05) is 41.3 Å². The molecule has 34 heavy (non-hydrogen) atoms. The summed E-state index contributed by atoms with van der Waals surface area (Å²) in [5.74, 6) is -2.68. The molecule has 1 fully saturated rings. The number of hydrogen-bond donors (Lipinski definition) is 1. The van der Waals surface area contributed by atoms with E-state index in [1.807, 2.05) is 19.9 Å². The number of rotatable bonds is 5. The van der Waals surface area contributed by atoms with E-state index in [9.17, 15) is 9.18 Å². The van der Waals surface area contributed by atoms with Gasteiger partial charge in [0.25, 0.3) is 5.91 Å². The van der Waals surface area contributed by atoms with Gasteiger partial charge in [0.05, 0.1) is 17.2 Å². The number of benzene rings is 1. The molecule has 0 radical (unpaired) electrons. The minimum atomic E-state index is -1.08. The number of carbonyl (C=O) groups excluding carboxylic acids is 1. The van der Waals surface area contributed by atoms with Crippen LogP contribution in [0.3, 0.4) is 0 Å². The van der Waals surface area contributed by atoms with E-state index in [1.54, 1.807) is 18.3 Å². The van der Waals surface area contributed by atoms with E-state index in [-0.39, 0.29) is 39.6 Å². The lowest BCUT2D eigenvalue weighted by molar-refractivity contribution is -0.116. The molecule has 1 aromatic carbocycles. The Hall–Kier alpha value is -3.70. The minimum absolute atomic E-state index is 0.0817. The summed E-state index contributed by atoms with van der Waals surface area (Å²) < 4.78 is 37.8. The highest BCUT2D eigenvalue weighted by Gasteiger charge is 2.45. The number of primary amides is 1. The van der Waals surface area contributed by atoms with Crippen LogP contribution in [0.25, 0.3) is 22.4 Å². The van der Waals surface area contributed by atoms with Crippen molar-refractivity contribution >= 4 is 5.91 Å². The van der Waals surface area contributed by atoms with Crippen LogP contribution in [0.1, 0.15) is 54.7 Å². The second-order valence-corrected chi connectivity index (χ2v) is 8.64. The van der Waals surface area contributed by atoms with Crippen molar-refractivity contribution in [3.8, 4) is 28.5 Å². The van der Waals surface area contributed by atoms with Crippen LogP contribution in [-0.2, 0) is 10.3 Å². The van der Waals surface area contributed by atoms with Crippen molar-refractivity contribution in [1.29, 1.82) is 5.26 Å². The monoisotopic (exact) mass is 462 g/mol. The molecule has 3 heterocycles. The van der Waals surface area contributed by atoms with Crippen LogP contribution in [0.15, 0.2) is 42.7 Å². The second-order valence-electron chi connectivity index (χ2n) is 8.64. The normalized spacial score (nSPS) is 18.0. The maximum Gasteiger partial charge on any atom is 0.267 e. The quantitative estimate of drug-likeness (QED) is 0.568. The third kappa shape index (κ3) is 3.93. The number of amides is 1. The summed E-state index contributed by atoms with van der Waals surface area (Å²) in [6.45, 7) is 4.26. The largest absolute Gasteiger partial charge is 0.370 e. The van der Waals surface area contributed by atoms with Gasteiger partial charge in [0.1, 0.15) is 17.2 Å². The average Bonchev–Trinajstić information content (AvgIpc) is 2.84. The number of aromatic nitrogens is 2. The number of carbonyl (C=O) groups is 1. The van der Waals surface area contributed by atoms with Crippen LogP contribution in [0.5, 0.6) is 0 Å². The van der Waals surface area contributed by atoms with E-state index in [0.717, 1.165) is 18.9 Å². The van der Waals surface area contributed by atoms with Gasteiger partial charge in [-0.3, -0.25) is 9.78 Å². The lowest BCUT2D eigenvalue weighted by Crippen LogP contribution is -2.41. The van der Waals surface area contributed by atoms with Gasteiger partial charge in [-0.05, 0) is 49.4 Å². The molecule has 0 bridgehead atoms. The van der Waals surface area contributed by atoms with Gasteiger partial charge in [-0.2, -0.15) is 5.26 Å². The molecule has 0 aliphatic carbocycles. The lowest BCUT2D eigenvalue weighted by atomic mass is 9.74. The highest BCUT2D eigenvalue weighted by atomic mass is 19.1. The highest BCUT2D eigenvalue weighted by Crippen LogP contribution is 2.48. The smallest absolute Gasteiger partial charge is 0.267 e. The predicted molar refractivity (Wildman–Crippen MR) is 122 cm³/mol. The molecular formula is C26H24F2N4O2. The van der Waals surface area contributed by atoms with Gasteiger partial charge in [0.15, 0.2) is 5.82 Å². The zero-order valence-electron chi connectivity index (χ0n) is 18.9. The van der Waals surface area contributed by atoms with Gasteiger partial charge in [-0.15, -0.1) is 0 Å². The fourth-order valence-electron chi connectivity index (χ4n) is 4.64. The SMILES string of the molecule is CC(C)C1(c2c(F)c(-c3ccc(C#N)cc3F)nc(C(N)=O)c2-c2cccnc2)CCCCO1. The van der Waals surface area contributed by atoms with Gasteiger partial charge < -0.3 is 10.5 Å². The summed E-state index contributed by atoms with van der Waals surface area (Å²) in [5.41, 5.74) is 4.78. The van der Waals surface area contributed by atoms with E-state index in [0.29, 0.717) is 18.6 Å². The van der Waals surface area contributed by atoms with Crippen molar-refractivity contribution in [2.75, 3.05) is 6.61 Å². The molecule has 1 aliphatic heterocycles. The molecule has 3 aromatic rings. The highest BCUT2D eigenvalue weighted by molar-refractivity contribution is 6.00. The molecule has 1 saturated heterocycles. The van der Waals surface area contributed by atoms with E-state index in [4.69, 9.17) is 15.7 Å². The Labute approximate surface area is 196 Å². The number of ether oxygens (including phenoxy) is 1. The Morgan fingerprint density at radius 3 is 2.62 bits per heavy atom. The minimum Gasteiger partial charge on any atom is -0.370 e. The maximum atomic E-state index is 16.6. The van der Waals surface area contributed by atoms with Crippen molar-refractivity contribution in [3.05, 3.63) is 71.2 Å². The van der Waals surface area contributed by atoms with Crippen molar-refractivity contribution in [3.63, 3.8) is 0 Å². The van der Waals surface area contributed by atoms with Crippen molar-refractivity contribution in [2.24, 2.45) is 11.7 Å². The first-order valence-electron chi connectivity index (χ1n) is 11.1. The van der Waals surface area contributed by atoms with Crippen molar-refractivity contribution < 1.29 is 18.3 Å². The van der Waals surface area contributed by atoms with Gasteiger partial charge in [-0.1, -0.05) is 19.9 Å². The molecule has 174 valence electrons. The summed E-state index contributed by atoms with van der Waals surface area (Å²) in [5, 5.41) is 9.08. The molecule has 6 nitrogen and oxygen atoms in total. The third-order valence-electron chi connectivity index (χ3n) is 6.33. The summed E-state index contributed by atoms with van der Waals surface area (Å²) >= 11 is 0. The number of nitriles is 1. The van der Waals surface area contributed by atoms with Crippen LogP contribution in [0.2, 0.25) is 0 Å². The van der Waals surface area contributed by atoms with Crippen LogP contribution >= 0.6 is 0 Å². The first-order valence-corrected chi connectivity index (χ1v) is 11.1. The Morgan fingerprint density at radius 1 is 1.26 bits per heavy atom. The van der Waals surface area contributed by atoms with Crippen molar-refractivity contribution in [1.82, 2.24) is 9.97 Å². The maximum absolute atomic E-state index is 16.6. The van der Waals surface area contributed by atoms with Gasteiger partial charge in [-0.25, -0.2) is 13.8 Å². The molecule has 8 heteroatoms. The summed E-state index contributed by atoms with van der Waals surface area (Å²) in [4.78, 5) is 21.0. The number of halogens is 2. The van der Waals surface area contributed by atoms with E-state index < -0.39 is 23.1 Å². The van der Waals surface area contributed by atoms with Crippen LogP contribution < -0.4 is 5.73 Å². The Bertz CT molecular complexity index is 1280. The van der Waals surface area contributed by atoms with Gasteiger partial charge >= 0.3 is 0 Å². The fraction of sp³-hybridized carbons (Fsp3) is 0.308. The molecular weight excluding hydrogens is 438 g/mol. The van der Waals surface area contributed by atoms with Crippen LogP contribution in [0, 0.1) is 28.9 Å². The summed E-state index contributed by atoms with van der Waals surface area (Å²) in [6, 6.07) is 8.86. The fourth-order valence-corrected chi connectivity index (χ4v) is 4.64. The molecule has 1 unspecified atom stereocenters. The first-order chi connectivity index (χ1) is 16.3. The Morgan fingerprint density at radius 2 is 2.06 bits per heavy atom. The van der Waals surface area contributed by atoms with E-state index in [1.165, 1.54) is 18.3 Å². The topological polar surface area (TPSA) is 102 Å². The molecule has 1 atom stereocenters. The van der Waals surface area contributed by atoms with E-state index in [2.05, 4.69) is 9.97 Å².